The van der Waals surface area contributed by atoms with E-state index in [1.54, 1.807) is 24.3 Å². The zero-order chi connectivity index (χ0) is 14.1. The second-order valence-corrected chi connectivity index (χ2v) is 4.48. The van der Waals surface area contributed by atoms with Crippen molar-refractivity contribution in [2.24, 2.45) is 0 Å². The highest BCUT2D eigenvalue weighted by Gasteiger charge is 2.04. The van der Waals surface area contributed by atoms with Gasteiger partial charge in [-0.2, -0.15) is 0 Å². The molecule has 19 heavy (non-hydrogen) atoms. The molecular weight excluding hydrogens is 242 g/mol. The number of nitrogens with one attached hydrogen (secondary N) is 1. The Bertz CT molecular complexity index is 375. The van der Waals surface area contributed by atoms with Crippen LogP contribution in [-0.2, 0) is 4.74 Å². The average Bonchev–Trinajstić information content (AvgIpc) is 2.46. The first-order chi connectivity index (χ1) is 9.17. The summed E-state index contributed by atoms with van der Waals surface area (Å²) in [5.41, 5.74) is 0.535. The third-order valence-electron chi connectivity index (χ3n) is 2.97. The molecule has 0 aromatic heterocycles. The third-order valence-corrected chi connectivity index (χ3v) is 2.97. The lowest BCUT2D eigenvalue weighted by atomic mass is 10.2. The van der Waals surface area contributed by atoms with Gasteiger partial charge in [0.25, 0.3) is 0 Å². The zero-order valence-corrected chi connectivity index (χ0v) is 11.9. The van der Waals surface area contributed by atoms with Crippen LogP contribution in [0.4, 0.5) is 0 Å². The SMILES string of the molecule is CC[C@@H](C)NCCCOc1ccc(C(=O)OC)cc1. The first-order valence-electron chi connectivity index (χ1n) is 6.72. The summed E-state index contributed by atoms with van der Waals surface area (Å²) >= 11 is 0. The number of methoxy groups -OCH3 is 1. The molecule has 0 aliphatic rings. The maximum Gasteiger partial charge on any atom is 0.337 e. The molecule has 0 heterocycles. The summed E-state index contributed by atoms with van der Waals surface area (Å²) in [6, 6.07) is 7.54. The van der Waals surface area contributed by atoms with Crippen LogP contribution in [0.2, 0.25) is 0 Å². The molecule has 0 spiro atoms. The number of hydrogen-bond donors (Lipinski definition) is 1. The molecular formula is C15H23NO3. The van der Waals surface area contributed by atoms with Crippen LogP contribution in [0, 0.1) is 0 Å². The number of hydrogen-bond acceptors (Lipinski definition) is 4. The number of rotatable bonds is 8. The molecule has 1 N–H and O–H groups in total. The van der Waals surface area contributed by atoms with Crippen molar-refractivity contribution in [3.8, 4) is 5.75 Å². The highest BCUT2D eigenvalue weighted by atomic mass is 16.5. The Labute approximate surface area is 115 Å². The van der Waals surface area contributed by atoms with Crippen molar-refractivity contribution in [2.45, 2.75) is 32.7 Å². The van der Waals surface area contributed by atoms with Gasteiger partial charge in [0.15, 0.2) is 0 Å². The van der Waals surface area contributed by atoms with Crippen molar-refractivity contribution in [2.75, 3.05) is 20.3 Å². The normalized spacial score (nSPS) is 11.9. The van der Waals surface area contributed by atoms with Gasteiger partial charge in [-0.05, 0) is 50.6 Å². The Morgan fingerprint density at radius 2 is 2.00 bits per heavy atom. The summed E-state index contributed by atoms with van der Waals surface area (Å²) < 4.78 is 10.2. The summed E-state index contributed by atoms with van der Waals surface area (Å²) in [5.74, 6) is 0.445. The molecule has 0 amide bonds. The molecule has 1 rings (SSSR count). The number of ether oxygens (including phenoxy) is 2. The van der Waals surface area contributed by atoms with E-state index < -0.39 is 0 Å². The van der Waals surface area contributed by atoms with E-state index in [4.69, 9.17) is 4.74 Å². The average molecular weight is 265 g/mol. The van der Waals surface area contributed by atoms with Gasteiger partial charge >= 0.3 is 5.97 Å². The van der Waals surface area contributed by atoms with Crippen LogP contribution in [0.1, 0.15) is 37.0 Å². The highest BCUT2D eigenvalue weighted by molar-refractivity contribution is 5.89. The molecule has 0 fully saturated rings. The van der Waals surface area contributed by atoms with Crippen molar-refractivity contribution >= 4 is 5.97 Å². The Morgan fingerprint density at radius 1 is 1.32 bits per heavy atom. The second-order valence-electron chi connectivity index (χ2n) is 4.48. The number of esters is 1. The van der Waals surface area contributed by atoms with Gasteiger partial charge in [0.05, 0.1) is 19.3 Å². The minimum Gasteiger partial charge on any atom is -0.494 e. The quantitative estimate of drug-likeness (QED) is 0.580. The van der Waals surface area contributed by atoms with E-state index in [0.29, 0.717) is 18.2 Å². The predicted octanol–water partition coefficient (Wildman–Crippen LogP) is 2.63. The molecule has 0 unspecified atom stereocenters. The van der Waals surface area contributed by atoms with Gasteiger partial charge in [0, 0.05) is 6.04 Å². The summed E-state index contributed by atoms with van der Waals surface area (Å²) in [7, 11) is 1.37. The highest BCUT2D eigenvalue weighted by Crippen LogP contribution is 2.12. The number of carbonyl (C=O) groups is 1. The minimum absolute atomic E-state index is 0.329. The summed E-state index contributed by atoms with van der Waals surface area (Å²) in [6.07, 6.45) is 2.10. The lowest BCUT2D eigenvalue weighted by Gasteiger charge is -2.11. The van der Waals surface area contributed by atoms with Crippen LogP contribution in [0.5, 0.6) is 5.75 Å². The maximum absolute atomic E-state index is 11.2. The predicted molar refractivity (Wildman–Crippen MR) is 75.6 cm³/mol. The Kier molecular flexibility index (Phi) is 6.97. The van der Waals surface area contributed by atoms with Crippen molar-refractivity contribution < 1.29 is 14.3 Å². The van der Waals surface area contributed by atoms with Crippen LogP contribution in [-0.4, -0.2) is 32.3 Å². The standard InChI is InChI=1S/C15H23NO3/c1-4-12(2)16-10-5-11-19-14-8-6-13(7-9-14)15(17)18-3/h6-9,12,16H,4-5,10-11H2,1-3H3/t12-/m1/s1. The van der Waals surface area contributed by atoms with Gasteiger partial charge in [0.1, 0.15) is 5.75 Å². The fourth-order valence-corrected chi connectivity index (χ4v) is 1.56. The molecule has 106 valence electrons. The molecule has 0 saturated carbocycles. The fourth-order valence-electron chi connectivity index (χ4n) is 1.56. The topological polar surface area (TPSA) is 47.6 Å². The van der Waals surface area contributed by atoms with Crippen LogP contribution >= 0.6 is 0 Å². The lowest BCUT2D eigenvalue weighted by Crippen LogP contribution is -2.27. The summed E-state index contributed by atoms with van der Waals surface area (Å²) in [5, 5.41) is 3.41. The first kappa shape index (κ1) is 15.5. The van der Waals surface area contributed by atoms with E-state index >= 15 is 0 Å². The van der Waals surface area contributed by atoms with E-state index in [1.807, 2.05) is 0 Å². The smallest absolute Gasteiger partial charge is 0.337 e. The molecule has 0 saturated heterocycles. The van der Waals surface area contributed by atoms with Gasteiger partial charge < -0.3 is 14.8 Å². The molecule has 1 aromatic rings. The first-order valence-corrected chi connectivity index (χ1v) is 6.72. The van der Waals surface area contributed by atoms with Gasteiger partial charge in [-0.3, -0.25) is 0 Å². The van der Waals surface area contributed by atoms with E-state index in [-0.39, 0.29) is 5.97 Å². The van der Waals surface area contributed by atoms with E-state index in [2.05, 4.69) is 23.9 Å². The number of benzene rings is 1. The van der Waals surface area contributed by atoms with E-state index in [9.17, 15) is 4.79 Å². The minimum atomic E-state index is -0.329. The van der Waals surface area contributed by atoms with E-state index in [0.717, 1.165) is 25.1 Å². The molecule has 0 radical (unpaired) electrons. The monoisotopic (exact) mass is 265 g/mol. The molecule has 1 aromatic carbocycles. The Morgan fingerprint density at radius 3 is 2.58 bits per heavy atom. The molecule has 4 heteroatoms. The fraction of sp³-hybridized carbons (Fsp3) is 0.533. The van der Waals surface area contributed by atoms with Crippen LogP contribution < -0.4 is 10.1 Å². The Balaban J connectivity index is 2.25. The molecule has 1 atom stereocenters. The van der Waals surface area contributed by atoms with Crippen molar-refractivity contribution in [3.05, 3.63) is 29.8 Å². The van der Waals surface area contributed by atoms with Gasteiger partial charge in [-0.25, -0.2) is 4.79 Å². The van der Waals surface area contributed by atoms with E-state index in [1.165, 1.54) is 7.11 Å². The molecule has 0 bridgehead atoms. The molecule has 0 aliphatic heterocycles. The number of carbonyl (C=O) groups excluding carboxylic acids is 1. The van der Waals surface area contributed by atoms with Crippen molar-refractivity contribution in [1.29, 1.82) is 0 Å². The van der Waals surface area contributed by atoms with Crippen LogP contribution in [0.15, 0.2) is 24.3 Å². The van der Waals surface area contributed by atoms with Gasteiger partial charge in [0.2, 0.25) is 0 Å². The third kappa shape index (κ3) is 5.75. The van der Waals surface area contributed by atoms with Crippen LogP contribution in [0.25, 0.3) is 0 Å². The largest absolute Gasteiger partial charge is 0.494 e. The van der Waals surface area contributed by atoms with Crippen molar-refractivity contribution in [1.82, 2.24) is 5.32 Å². The molecule has 4 nitrogen and oxygen atoms in total. The maximum atomic E-state index is 11.2. The van der Waals surface area contributed by atoms with Crippen molar-refractivity contribution in [3.63, 3.8) is 0 Å². The second kappa shape index (κ2) is 8.53. The zero-order valence-electron chi connectivity index (χ0n) is 11.9. The van der Waals surface area contributed by atoms with Gasteiger partial charge in [-0.15, -0.1) is 0 Å². The summed E-state index contributed by atoms with van der Waals surface area (Å²) in [4.78, 5) is 11.2. The Hall–Kier alpha value is -1.55. The lowest BCUT2D eigenvalue weighted by molar-refractivity contribution is 0.0600. The van der Waals surface area contributed by atoms with Crippen LogP contribution in [0.3, 0.4) is 0 Å². The molecule has 0 aliphatic carbocycles. The van der Waals surface area contributed by atoms with Gasteiger partial charge in [-0.1, -0.05) is 6.92 Å². The summed E-state index contributed by atoms with van der Waals surface area (Å²) in [6.45, 7) is 5.96.